The van der Waals surface area contributed by atoms with Crippen molar-refractivity contribution in [3.8, 4) is 0 Å². The normalized spacial score (nSPS) is 13.8. The zero-order valence-electron chi connectivity index (χ0n) is 6.19. The Morgan fingerprint density at radius 3 is 2.44 bits per heavy atom. The molecule has 0 heterocycles. The largest absolute Gasteiger partial charge is 0.263 e. The van der Waals surface area contributed by atoms with Crippen LogP contribution in [0.2, 0.25) is 0 Å². The first kappa shape index (κ1) is 9.49. The third kappa shape index (κ3) is 4.96. The number of nitrogens with zero attached hydrogens (tertiary/aromatic N) is 1. The first-order chi connectivity index (χ1) is 4.12. The van der Waals surface area contributed by atoms with Gasteiger partial charge in [0.1, 0.15) is 0 Å². The van der Waals surface area contributed by atoms with Crippen LogP contribution >= 0.6 is 21.0 Å². The molecule has 0 fully saturated rings. The Balaban J connectivity index is 3.58. The summed E-state index contributed by atoms with van der Waals surface area (Å²) in [5.74, 6) is 0. The summed E-state index contributed by atoms with van der Waals surface area (Å²) in [5, 5.41) is 8.20. The third-order valence-electron chi connectivity index (χ3n) is 1.43. The average molecular weight is 243 g/mol. The van der Waals surface area contributed by atoms with Crippen molar-refractivity contribution >= 4 is 21.0 Å². The molecule has 0 spiro atoms. The van der Waals surface area contributed by atoms with E-state index in [1.807, 2.05) is 0 Å². The number of halogens is 1. The molecule has 0 aromatic carbocycles. The van der Waals surface area contributed by atoms with Crippen LogP contribution in [0.5, 0.6) is 0 Å². The predicted octanol–water partition coefficient (Wildman–Crippen LogP) is 2.97. The molecule has 9 heavy (non-hydrogen) atoms. The molecule has 0 saturated carbocycles. The SMILES string of the molecule is CCC(C)(C)CI=NO. The first-order valence-corrected chi connectivity index (χ1v) is 5.54. The van der Waals surface area contributed by atoms with Gasteiger partial charge in [0.25, 0.3) is 0 Å². The zero-order chi connectivity index (χ0) is 7.33. The van der Waals surface area contributed by atoms with Gasteiger partial charge >= 0.3 is 0 Å². The molecule has 0 atom stereocenters. The second-order valence-electron chi connectivity index (χ2n) is 2.85. The molecule has 56 valence electrons. The molecule has 0 bridgehead atoms. The second kappa shape index (κ2) is 4.33. The van der Waals surface area contributed by atoms with E-state index in [1.165, 1.54) is 6.42 Å². The summed E-state index contributed by atoms with van der Waals surface area (Å²) in [5.41, 5.74) is 0.388. The highest BCUT2D eigenvalue weighted by Crippen LogP contribution is 2.24. The van der Waals surface area contributed by atoms with Gasteiger partial charge in [-0.25, -0.2) is 0 Å². The quantitative estimate of drug-likeness (QED) is 0.461. The van der Waals surface area contributed by atoms with Crippen molar-refractivity contribution in [1.29, 1.82) is 0 Å². The number of rotatable bonds is 3. The number of alkyl halides is 1. The molecular weight excluding hydrogens is 229 g/mol. The van der Waals surface area contributed by atoms with Crippen LogP contribution in [0.15, 0.2) is 3.31 Å². The Morgan fingerprint density at radius 1 is 1.56 bits per heavy atom. The van der Waals surface area contributed by atoms with Gasteiger partial charge in [0.05, 0.1) is 0 Å². The lowest BCUT2D eigenvalue weighted by Crippen LogP contribution is -2.10. The van der Waals surface area contributed by atoms with Crippen molar-refractivity contribution < 1.29 is 5.21 Å². The fraction of sp³-hybridized carbons (Fsp3) is 1.00. The van der Waals surface area contributed by atoms with Gasteiger partial charge in [0, 0.05) is 25.5 Å². The Labute approximate surface area is 66.8 Å². The lowest BCUT2D eigenvalue weighted by Gasteiger charge is -2.18. The smallest absolute Gasteiger partial charge is 0.0262 e. The third-order valence-corrected chi connectivity index (χ3v) is 4.14. The lowest BCUT2D eigenvalue weighted by atomic mass is 9.94. The summed E-state index contributed by atoms with van der Waals surface area (Å²) in [6.45, 7) is 6.58. The van der Waals surface area contributed by atoms with Gasteiger partial charge in [-0.1, -0.05) is 27.2 Å². The maximum atomic E-state index is 8.20. The number of hydrogen-bond donors (Lipinski definition) is 1. The van der Waals surface area contributed by atoms with E-state index in [-0.39, 0.29) is 21.0 Å². The molecule has 0 aromatic rings. The van der Waals surface area contributed by atoms with Crippen LogP contribution in [0.4, 0.5) is 0 Å². The highest BCUT2D eigenvalue weighted by molar-refractivity contribution is 14.2. The Bertz CT molecular complexity index is 101. The van der Waals surface area contributed by atoms with E-state index < -0.39 is 0 Å². The molecule has 3 heteroatoms. The standard InChI is InChI=1S/C6H14INO/c1-4-6(2,3)5-7-8-9/h9H,4-5H2,1-3H3. The van der Waals surface area contributed by atoms with Gasteiger partial charge in [-0.15, -0.1) is 3.31 Å². The zero-order valence-corrected chi connectivity index (χ0v) is 8.34. The Morgan fingerprint density at radius 2 is 2.11 bits per heavy atom. The summed E-state index contributed by atoms with van der Waals surface area (Å²) >= 11 is -0.288. The monoisotopic (exact) mass is 243 g/mol. The lowest BCUT2D eigenvalue weighted by molar-refractivity contribution is 0.336. The van der Waals surface area contributed by atoms with E-state index in [2.05, 4.69) is 24.1 Å². The van der Waals surface area contributed by atoms with Crippen molar-refractivity contribution in [3.05, 3.63) is 0 Å². The minimum absolute atomic E-state index is 0.288. The van der Waals surface area contributed by atoms with Gasteiger partial charge in [0.15, 0.2) is 0 Å². The summed E-state index contributed by atoms with van der Waals surface area (Å²) in [6, 6.07) is 0. The molecular formula is C6H14INO. The summed E-state index contributed by atoms with van der Waals surface area (Å²) in [6.07, 6.45) is 1.17. The van der Waals surface area contributed by atoms with E-state index in [0.29, 0.717) is 5.41 Å². The molecule has 0 aliphatic heterocycles. The summed E-state index contributed by atoms with van der Waals surface area (Å²) in [7, 11) is 0. The minimum Gasteiger partial charge on any atom is -0.263 e. The van der Waals surface area contributed by atoms with Gasteiger partial charge in [-0.05, 0) is 5.41 Å². The minimum atomic E-state index is -0.288. The van der Waals surface area contributed by atoms with Crippen LogP contribution in [0, 0.1) is 5.41 Å². The van der Waals surface area contributed by atoms with Crippen LogP contribution in [0.3, 0.4) is 0 Å². The molecule has 0 radical (unpaired) electrons. The molecule has 0 saturated heterocycles. The Kier molecular flexibility index (Phi) is 4.56. The van der Waals surface area contributed by atoms with Crippen molar-refractivity contribution in [2.75, 3.05) is 4.43 Å². The van der Waals surface area contributed by atoms with Gasteiger partial charge in [0.2, 0.25) is 0 Å². The highest BCUT2D eigenvalue weighted by Gasteiger charge is 2.12. The predicted molar refractivity (Wildman–Crippen MR) is 47.2 cm³/mol. The van der Waals surface area contributed by atoms with Crippen LogP contribution in [0.25, 0.3) is 0 Å². The van der Waals surface area contributed by atoms with E-state index in [1.54, 1.807) is 0 Å². The fourth-order valence-electron chi connectivity index (χ4n) is 0.283. The fourth-order valence-corrected chi connectivity index (χ4v) is 1.90. The van der Waals surface area contributed by atoms with Crippen molar-refractivity contribution in [2.24, 2.45) is 8.72 Å². The highest BCUT2D eigenvalue weighted by atomic mass is 127. The maximum absolute atomic E-state index is 8.20. The molecule has 0 unspecified atom stereocenters. The van der Waals surface area contributed by atoms with Gasteiger partial charge < -0.3 is 0 Å². The van der Waals surface area contributed by atoms with Gasteiger partial charge in [-0.3, -0.25) is 5.21 Å². The molecule has 1 N–H and O–H groups in total. The van der Waals surface area contributed by atoms with E-state index in [4.69, 9.17) is 5.21 Å². The van der Waals surface area contributed by atoms with E-state index in [0.717, 1.165) is 4.43 Å². The summed E-state index contributed by atoms with van der Waals surface area (Å²) in [4.78, 5) is 0. The average Bonchev–Trinajstić information content (AvgIpc) is 1.84. The molecule has 0 aromatic heterocycles. The number of hydrogen-bond acceptors (Lipinski definition) is 2. The molecule has 0 aliphatic carbocycles. The van der Waals surface area contributed by atoms with Crippen LogP contribution in [0.1, 0.15) is 27.2 Å². The second-order valence-corrected chi connectivity index (χ2v) is 4.72. The molecule has 0 amide bonds. The Hall–Kier alpha value is 0.490. The van der Waals surface area contributed by atoms with Crippen molar-refractivity contribution in [2.45, 2.75) is 27.2 Å². The van der Waals surface area contributed by atoms with E-state index in [9.17, 15) is 0 Å². The maximum Gasteiger partial charge on any atom is 0.0262 e. The first-order valence-electron chi connectivity index (χ1n) is 3.05. The van der Waals surface area contributed by atoms with Crippen molar-refractivity contribution in [1.82, 2.24) is 0 Å². The van der Waals surface area contributed by atoms with Crippen LogP contribution < -0.4 is 0 Å². The van der Waals surface area contributed by atoms with Crippen LogP contribution in [-0.4, -0.2) is 9.63 Å². The molecule has 0 rings (SSSR count). The van der Waals surface area contributed by atoms with E-state index >= 15 is 0 Å². The van der Waals surface area contributed by atoms with Gasteiger partial charge in [-0.2, -0.15) is 0 Å². The topological polar surface area (TPSA) is 32.6 Å². The van der Waals surface area contributed by atoms with Crippen LogP contribution in [-0.2, 0) is 0 Å². The molecule has 2 nitrogen and oxygen atoms in total. The summed E-state index contributed by atoms with van der Waals surface area (Å²) < 4.78 is 4.26. The molecule has 0 aliphatic rings. The van der Waals surface area contributed by atoms with Crippen molar-refractivity contribution in [3.63, 3.8) is 0 Å².